The zero-order valence-corrected chi connectivity index (χ0v) is 14.0. The second-order valence-electron chi connectivity index (χ2n) is 7.08. The maximum absolute atomic E-state index is 11.8. The highest BCUT2D eigenvalue weighted by Crippen LogP contribution is 2.29. The van der Waals surface area contributed by atoms with Gasteiger partial charge in [-0.2, -0.15) is 0 Å². The van der Waals surface area contributed by atoms with Crippen LogP contribution in [0.25, 0.3) is 0 Å². The molecule has 1 aromatic rings. The molecule has 0 spiro atoms. The van der Waals surface area contributed by atoms with Crippen molar-refractivity contribution in [2.45, 2.75) is 59.0 Å². The molecule has 0 radical (unpaired) electrons. The second-order valence-corrected chi connectivity index (χ2v) is 7.08. The van der Waals surface area contributed by atoms with E-state index in [0.717, 1.165) is 17.7 Å². The van der Waals surface area contributed by atoms with Gasteiger partial charge in [-0.3, -0.25) is 5.32 Å². The first-order chi connectivity index (χ1) is 9.55. The number of nitrogens with two attached hydrogens (primary N) is 1. The summed E-state index contributed by atoms with van der Waals surface area (Å²) in [6, 6.07) is 6.06. The Morgan fingerprint density at radius 1 is 1.24 bits per heavy atom. The number of amides is 1. The molecule has 118 valence electrons. The molecule has 0 fully saturated rings. The Bertz CT molecular complexity index is 502. The van der Waals surface area contributed by atoms with Crippen molar-refractivity contribution in [1.29, 1.82) is 0 Å². The van der Waals surface area contributed by atoms with Crippen LogP contribution in [0.3, 0.4) is 0 Å². The number of ether oxygens (including phenoxy) is 1. The van der Waals surface area contributed by atoms with Gasteiger partial charge in [-0.1, -0.05) is 26.0 Å². The Morgan fingerprint density at radius 2 is 1.86 bits per heavy atom. The summed E-state index contributed by atoms with van der Waals surface area (Å²) >= 11 is 0. The third-order valence-electron chi connectivity index (χ3n) is 3.41. The van der Waals surface area contributed by atoms with Crippen molar-refractivity contribution in [1.82, 2.24) is 0 Å². The van der Waals surface area contributed by atoms with Crippen molar-refractivity contribution >= 4 is 11.8 Å². The lowest BCUT2D eigenvalue weighted by Crippen LogP contribution is -2.27. The van der Waals surface area contributed by atoms with Crippen LogP contribution in [0.5, 0.6) is 0 Å². The highest BCUT2D eigenvalue weighted by Gasteiger charge is 2.21. The topological polar surface area (TPSA) is 64.3 Å². The monoisotopic (exact) mass is 292 g/mol. The predicted octanol–water partition coefficient (Wildman–Crippen LogP) is 3.97. The van der Waals surface area contributed by atoms with Gasteiger partial charge in [0.2, 0.25) is 0 Å². The molecule has 0 aliphatic carbocycles. The summed E-state index contributed by atoms with van der Waals surface area (Å²) in [4.78, 5) is 11.8. The van der Waals surface area contributed by atoms with Crippen LogP contribution in [0.4, 0.5) is 10.5 Å². The Kier molecular flexibility index (Phi) is 5.40. The molecule has 0 saturated heterocycles. The quantitative estimate of drug-likeness (QED) is 0.882. The van der Waals surface area contributed by atoms with Crippen molar-refractivity contribution in [3.8, 4) is 0 Å². The minimum absolute atomic E-state index is 0.0317. The molecular formula is C17H28N2O2. The molecule has 3 N–H and O–H groups in total. The van der Waals surface area contributed by atoms with E-state index in [2.05, 4.69) is 25.2 Å². The number of aryl methyl sites for hydroxylation is 1. The largest absolute Gasteiger partial charge is 0.444 e. The average Bonchev–Trinajstić information content (AvgIpc) is 2.29. The first-order valence-electron chi connectivity index (χ1n) is 7.36. The number of hydrogen-bond donors (Lipinski definition) is 2. The van der Waals surface area contributed by atoms with E-state index in [1.165, 1.54) is 5.56 Å². The first-order valence-corrected chi connectivity index (χ1v) is 7.36. The number of hydrogen-bond acceptors (Lipinski definition) is 3. The van der Waals surface area contributed by atoms with E-state index in [-0.39, 0.29) is 5.41 Å². The van der Waals surface area contributed by atoms with E-state index >= 15 is 0 Å². The Labute approximate surface area is 128 Å². The minimum Gasteiger partial charge on any atom is -0.444 e. The van der Waals surface area contributed by atoms with Gasteiger partial charge in [0.05, 0.1) is 0 Å². The molecule has 0 heterocycles. The van der Waals surface area contributed by atoms with Gasteiger partial charge in [0.1, 0.15) is 5.60 Å². The van der Waals surface area contributed by atoms with Crippen molar-refractivity contribution in [3.05, 3.63) is 29.3 Å². The van der Waals surface area contributed by atoms with Crippen LogP contribution in [0, 0.1) is 6.92 Å². The summed E-state index contributed by atoms with van der Waals surface area (Å²) in [6.07, 6.45) is 0.491. The third-order valence-corrected chi connectivity index (χ3v) is 3.41. The van der Waals surface area contributed by atoms with Crippen LogP contribution in [0.1, 0.15) is 52.2 Å². The summed E-state index contributed by atoms with van der Waals surface area (Å²) < 4.78 is 5.27. The van der Waals surface area contributed by atoms with Crippen LogP contribution < -0.4 is 11.1 Å². The molecule has 1 rings (SSSR count). The van der Waals surface area contributed by atoms with E-state index < -0.39 is 11.7 Å². The standard InChI is InChI=1S/C17H28N2O2/c1-12-11-13(17(5,6)9-10-18)7-8-14(12)19-15(20)21-16(2,3)4/h7-8,11H,9-10,18H2,1-6H3,(H,19,20). The van der Waals surface area contributed by atoms with Crippen LogP contribution >= 0.6 is 0 Å². The number of anilines is 1. The maximum atomic E-state index is 11.8. The summed E-state index contributed by atoms with van der Waals surface area (Å²) in [5.41, 5.74) is 8.22. The lowest BCUT2D eigenvalue weighted by atomic mass is 9.81. The smallest absolute Gasteiger partial charge is 0.412 e. The number of benzene rings is 1. The van der Waals surface area contributed by atoms with Gasteiger partial charge in [-0.25, -0.2) is 4.79 Å². The molecule has 0 atom stereocenters. The zero-order chi connectivity index (χ0) is 16.3. The molecule has 0 unspecified atom stereocenters. The fourth-order valence-electron chi connectivity index (χ4n) is 2.14. The van der Waals surface area contributed by atoms with E-state index in [9.17, 15) is 4.79 Å². The fourth-order valence-corrected chi connectivity index (χ4v) is 2.14. The fraction of sp³-hybridized carbons (Fsp3) is 0.588. The highest BCUT2D eigenvalue weighted by molar-refractivity contribution is 5.86. The van der Waals surface area contributed by atoms with Gasteiger partial charge < -0.3 is 10.5 Å². The van der Waals surface area contributed by atoms with Crippen LogP contribution in [0.15, 0.2) is 18.2 Å². The molecule has 4 heteroatoms. The number of nitrogens with one attached hydrogen (secondary N) is 1. The van der Waals surface area contributed by atoms with Gasteiger partial charge in [0.15, 0.2) is 0 Å². The molecule has 0 aliphatic heterocycles. The summed E-state index contributed by atoms with van der Waals surface area (Å²) in [5, 5.41) is 2.79. The highest BCUT2D eigenvalue weighted by atomic mass is 16.6. The normalized spacial score (nSPS) is 12.1. The average molecular weight is 292 g/mol. The van der Waals surface area contributed by atoms with Crippen LogP contribution in [0.2, 0.25) is 0 Å². The maximum Gasteiger partial charge on any atom is 0.412 e. The van der Waals surface area contributed by atoms with Gasteiger partial charge in [0, 0.05) is 5.69 Å². The van der Waals surface area contributed by atoms with Gasteiger partial charge >= 0.3 is 6.09 Å². The van der Waals surface area contributed by atoms with Crippen molar-refractivity contribution in [3.63, 3.8) is 0 Å². The summed E-state index contributed by atoms with van der Waals surface area (Å²) in [6.45, 7) is 12.5. The molecule has 0 saturated carbocycles. The molecular weight excluding hydrogens is 264 g/mol. The second kappa shape index (κ2) is 6.48. The van der Waals surface area contributed by atoms with E-state index in [1.54, 1.807) is 0 Å². The molecule has 0 aliphatic rings. The van der Waals surface area contributed by atoms with Crippen molar-refractivity contribution < 1.29 is 9.53 Å². The van der Waals surface area contributed by atoms with Gasteiger partial charge in [0.25, 0.3) is 0 Å². The lowest BCUT2D eigenvalue weighted by Gasteiger charge is -2.26. The van der Waals surface area contributed by atoms with E-state index in [4.69, 9.17) is 10.5 Å². The number of carbonyl (C=O) groups excluding carboxylic acids is 1. The number of rotatable bonds is 4. The predicted molar refractivity (Wildman–Crippen MR) is 87.7 cm³/mol. The Morgan fingerprint density at radius 3 is 2.33 bits per heavy atom. The molecule has 0 aromatic heterocycles. The molecule has 1 amide bonds. The molecule has 0 bridgehead atoms. The van der Waals surface area contributed by atoms with Crippen LogP contribution in [-0.4, -0.2) is 18.2 Å². The Hall–Kier alpha value is -1.55. The summed E-state index contributed by atoms with van der Waals surface area (Å²) in [5.74, 6) is 0. The third kappa shape index (κ3) is 5.38. The lowest BCUT2D eigenvalue weighted by molar-refractivity contribution is 0.0636. The van der Waals surface area contributed by atoms with Crippen LogP contribution in [-0.2, 0) is 10.2 Å². The minimum atomic E-state index is -0.499. The number of carbonyl (C=O) groups is 1. The van der Waals surface area contributed by atoms with Gasteiger partial charge in [-0.05, 0) is 63.3 Å². The summed E-state index contributed by atoms with van der Waals surface area (Å²) in [7, 11) is 0. The molecule has 21 heavy (non-hydrogen) atoms. The van der Waals surface area contributed by atoms with Crippen molar-refractivity contribution in [2.24, 2.45) is 5.73 Å². The van der Waals surface area contributed by atoms with E-state index in [1.807, 2.05) is 39.8 Å². The molecule has 1 aromatic carbocycles. The molecule has 4 nitrogen and oxygen atoms in total. The SMILES string of the molecule is Cc1cc(C(C)(C)CCN)ccc1NC(=O)OC(C)(C)C. The van der Waals surface area contributed by atoms with E-state index in [0.29, 0.717) is 6.54 Å². The zero-order valence-electron chi connectivity index (χ0n) is 14.0. The van der Waals surface area contributed by atoms with Gasteiger partial charge in [-0.15, -0.1) is 0 Å². The van der Waals surface area contributed by atoms with Crippen molar-refractivity contribution in [2.75, 3.05) is 11.9 Å². The first kappa shape index (κ1) is 17.5. The Balaban J connectivity index is 2.86.